The van der Waals surface area contributed by atoms with Gasteiger partial charge in [-0.15, -0.1) is 0 Å². The highest BCUT2D eigenvalue weighted by Gasteiger charge is 2.33. The first kappa shape index (κ1) is 26.8. The SMILES string of the molecule is CCCOc1ccc(C(=O)N2C[C@@H](C)N(C(=O)N[C@@H](C)C(=O)NC3CCC3)Cc3ccccc32)c(Cl)c1. The van der Waals surface area contributed by atoms with Gasteiger partial charge in [-0.05, 0) is 69.4 Å². The molecule has 1 heterocycles. The monoisotopic (exact) mass is 526 g/mol. The zero-order chi connectivity index (χ0) is 26.5. The molecule has 1 aliphatic heterocycles. The highest BCUT2D eigenvalue weighted by molar-refractivity contribution is 6.34. The first-order valence-corrected chi connectivity index (χ1v) is 13.4. The summed E-state index contributed by atoms with van der Waals surface area (Å²) in [5, 5.41) is 6.13. The number of ether oxygens (including phenoxy) is 1. The number of nitrogens with one attached hydrogen (secondary N) is 2. The van der Waals surface area contributed by atoms with Crippen LogP contribution in [0, 0.1) is 0 Å². The van der Waals surface area contributed by atoms with Gasteiger partial charge in [0.05, 0.1) is 17.2 Å². The molecule has 9 heteroatoms. The van der Waals surface area contributed by atoms with Crippen LogP contribution in [0.2, 0.25) is 5.02 Å². The molecule has 2 aromatic rings. The van der Waals surface area contributed by atoms with Gasteiger partial charge in [0, 0.05) is 30.9 Å². The van der Waals surface area contributed by atoms with Crippen LogP contribution in [-0.2, 0) is 11.3 Å². The summed E-state index contributed by atoms with van der Waals surface area (Å²) >= 11 is 6.50. The van der Waals surface area contributed by atoms with Crippen molar-refractivity contribution in [3.8, 4) is 5.75 Å². The number of para-hydroxylation sites is 1. The van der Waals surface area contributed by atoms with Crippen LogP contribution in [0.4, 0.5) is 10.5 Å². The van der Waals surface area contributed by atoms with Gasteiger partial charge in [0.2, 0.25) is 5.91 Å². The number of fused-ring (bicyclic) bond motifs is 1. The quantitative estimate of drug-likeness (QED) is 0.545. The molecule has 1 fully saturated rings. The van der Waals surface area contributed by atoms with Crippen molar-refractivity contribution in [2.45, 2.75) is 71.1 Å². The molecule has 2 atom stereocenters. The molecule has 4 amide bonds. The van der Waals surface area contributed by atoms with E-state index in [0.717, 1.165) is 36.9 Å². The minimum absolute atomic E-state index is 0.182. The third-order valence-corrected chi connectivity index (χ3v) is 7.25. The van der Waals surface area contributed by atoms with E-state index in [2.05, 4.69) is 10.6 Å². The average molecular weight is 527 g/mol. The lowest BCUT2D eigenvalue weighted by molar-refractivity contribution is -0.123. The van der Waals surface area contributed by atoms with Gasteiger partial charge >= 0.3 is 6.03 Å². The van der Waals surface area contributed by atoms with Gasteiger partial charge in [0.25, 0.3) is 5.91 Å². The molecule has 2 N–H and O–H groups in total. The van der Waals surface area contributed by atoms with Crippen molar-refractivity contribution in [3.63, 3.8) is 0 Å². The summed E-state index contributed by atoms with van der Waals surface area (Å²) in [7, 11) is 0. The summed E-state index contributed by atoms with van der Waals surface area (Å²) in [6, 6.07) is 11.5. The van der Waals surface area contributed by atoms with Gasteiger partial charge in [0.15, 0.2) is 0 Å². The van der Waals surface area contributed by atoms with Gasteiger partial charge in [-0.3, -0.25) is 9.59 Å². The Bertz CT molecular complexity index is 1150. The van der Waals surface area contributed by atoms with Crippen molar-refractivity contribution < 1.29 is 19.1 Å². The Labute approximate surface area is 223 Å². The van der Waals surface area contributed by atoms with E-state index in [1.807, 2.05) is 38.1 Å². The van der Waals surface area contributed by atoms with Crippen LogP contribution >= 0.6 is 11.6 Å². The number of carbonyl (C=O) groups is 3. The van der Waals surface area contributed by atoms with Crippen molar-refractivity contribution in [3.05, 3.63) is 58.6 Å². The average Bonchev–Trinajstić information content (AvgIpc) is 3.01. The molecule has 2 aliphatic rings. The Kier molecular flexibility index (Phi) is 8.59. The summed E-state index contributed by atoms with van der Waals surface area (Å²) < 4.78 is 5.64. The van der Waals surface area contributed by atoms with Gasteiger partial charge in [-0.25, -0.2) is 4.79 Å². The molecule has 0 saturated heterocycles. The Balaban J connectivity index is 1.52. The van der Waals surface area contributed by atoms with Crippen molar-refractivity contribution >= 4 is 35.1 Å². The fourth-order valence-electron chi connectivity index (χ4n) is 4.51. The highest BCUT2D eigenvalue weighted by Crippen LogP contribution is 2.31. The fraction of sp³-hybridized carbons (Fsp3) is 0.464. The third kappa shape index (κ3) is 6.18. The molecular weight excluding hydrogens is 492 g/mol. The predicted molar refractivity (Wildman–Crippen MR) is 144 cm³/mol. The van der Waals surface area contributed by atoms with E-state index in [0.29, 0.717) is 29.5 Å². The van der Waals surface area contributed by atoms with Gasteiger partial charge in [0.1, 0.15) is 11.8 Å². The first-order chi connectivity index (χ1) is 17.8. The maximum atomic E-state index is 13.7. The molecule has 8 nitrogen and oxygen atoms in total. The second-order valence-corrected chi connectivity index (χ2v) is 10.2. The molecule has 2 aromatic carbocycles. The van der Waals surface area contributed by atoms with E-state index in [9.17, 15) is 14.4 Å². The lowest BCUT2D eigenvalue weighted by Gasteiger charge is -2.31. The molecule has 0 radical (unpaired) electrons. The standard InChI is InChI=1S/C28H35ClN4O4/c1-4-14-37-22-12-13-23(24(29)15-22)27(35)33-16-18(2)32(17-20-8-5-6-11-25(20)33)28(36)30-19(3)26(34)31-21-9-7-10-21/h5-6,8,11-13,15,18-19,21H,4,7,9-10,14,16-17H2,1-3H3,(H,30,36)(H,31,34)/t18-,19+/m1/s1. The largest absolute Gasteiger partial charge is 0.494 e. The summed E-state index contributed by atoms with van der Waals surface area (Å²) in [6.07, 6.45) is 3.95. The fourth-order valence-corrected chi connectivity index (χ4v) is 4.76. The third-order valence-electron chi connectivity index (χ3n) is 6.94. The number of rotatable bonds is 7. The summed E-state index contributed by atoms with van der Waals surface area (Å²) in [4.78, 5) is 42.8. The van der Waals surface area contributed by atoms with Gasteiger partial charge in [-0.2, -0.15) is 0 Å². The minimum atomic E-state index is -0.663. The zero-order valence-corrected chi connectivity index (χ0v) is 22.4. The number of anilines is 1. The Morgan fingerprint density at radius 1 is 1.16 bits per heavy atom. The van der Waals surface area contributed by atoms with Crippen molar-refractivity contribution in [2.75, 3.05) is 18.1 Å². The van der Waals surface area contributed by atoms with Crippen LogP contribution in [0.25, 0.3) is 0 Å². The molecule has 4 rings (SSSR count). The number of benzene rings is 2. The molecular formula is C28H35ClN4O4. The molecule has 1 aliphatic carbocycles. The Hall–Kier alpha value is -3.26. The van der Waals surface area contributed by atoms with E-state index in [1.54, 1.807) is 34.9 Å². The Morgan fingerprint density at radius 3 is 2.59 bits per heavy atom. The summed E-state index contributed by atoms with van der Waals surface area (Å²) in [5.74, 6) is 0.187. The summed E-state index contributed by atoms with van der Waals surface area (Å²) in [6.45, 7) is 6.76. The van der Waals surface area contributed by atoms with E-state index < -0.39 is 6.04 Å². The molecule has 0 aromatic heterocycles. The van der Waals surface area contributed by atoms with E-state index in [4.69, 9.17) is 16.3 Å². The maximum Gasteiger partial charge on any atom is 0.318 e. The van der Waals surface area contributed by atoms with E-state index in [1.165, 1.54) is 0 Å². The molecule has 37 heavy (non-hydrogen) atoms. The van der Waals surface area contributed by atoms with Crippen LogP contribution in [0.1, 0.15) is 62.4 Å². The van der Waals surface area contributed by atoms with Crippen LogP contribution in [-0.4, -0.2) is 54.0 Å². The van der Waals surface area contributed by atoms with Crippen molar-refractivity contribution in [1.82, 2.24) is 15.5 Å². The summed E-state index contributed by atoms with van der Waals surface area (Å²) in [5.41, 5.74) is 1.93. The molecule has 198 valence electrons. The highest BCUT2D eigenvalue weighted by atomic mass is 35.5. The van der Waals surface area contributed by atoms with Crippen LogP contribution < -0.4 is 20.3 Å². The lowest BCUT2D eigenvalue weighted by Crippen LogP contribution is -2.54. The van der Waals surface area contributed by atoms with E-state index in [-0.39, 0.29) is 36.5 Å². The minimum Gasteiger partial charge on any atom is -0.494 e. The van der Waals surface area contributed by atoms with Crippen LogP contribution in [0.15, 0.2) is 42.5 Å². The zero-order valence-electron chi connectivity index (χ0n) is 21.6. The predicted octanol–water partition coefficient (Wildman–Crippen LogP) is 4.75. The molecule has 0 unspecified atom stereocenters. The Morgan fingerprint density at radius 2 is 1.92 bits per heavy atom. The molecule has 0 spiro atoms. The van der Waals surface area contributed by atoms with Gasteiger partial charge in [-0.1, -0.05) is 36.7 Å². The maximum absolute atomic E-state index is 13.7. The lowest BCUT2D eigenvalue weighted by atomic mass is 9.93. The van der Waals surface area contributed by atoms with E-state index >= 15 is 0 Å². The second kappa shape index (κ2) is 11.9. The number of nitrogens with zero attached hydrogens (tertiary/aromatic N) is 2. The number of hydrogen-bond acceptors (Lipinski definition) is 4. The topological polar surface area (TPSA) is 91.0 Å². The smallest absolute Gasteiger partial charge is 0.318 e. The van der Waals surface area contributed by atoms with Crippen LogP contribution in [0.3, 0.4) is 0 Å². The first-order valence-electron chi connectivity index (χ1n) is 13.0. The number of amides is 4. The van der Waals surface area contributed by atoms with Crippen LogP contribution in [0.5, 0.6) is 5.75 Å². The second-order valence-electron chi connectivity index (χ2n) is 9.82. The number of urea groups is 1. The van der Waals surface area contributed by atoms with Gasteiger partial charge < -0.3 is 25.2 Å². The normalized spacial score (nSPS) is 18.2. The number of halogens is 1. The van der Waals surface area contributed by atoms with Crippen molar-refractivity contribution in [1.29, 1.82) is 0 Å². The number of hydrogen-bond donors (Lipinski definition) is 2. The molecule has 0 bridgehead atoms. The molecule has 1 saturated carbocycles. The van der Waals surface area contributed by atoms with Crippen molar-refractivity contribution in [2.24, 2.45) is 0 Å². The number of carbonyl (C=O) groups excluding carboxylic acids is 3.